The lowest BCUT2D eigenvalue weighted by atomic mass is 9.74. The molecule has 1 aliphatic rings. The lowest BCUT2D eigenvalue weighted by Gasteiger charge is -2.38. The molecule has 1 amide bonds. The molecule has 0 aromatic rings. The van der Waals surface area contributed by atoms with Crippen molar-refractivity contribution in [1.82, 2.24) is 10.2 Å². The number of nitrogens with one attached hydrogen (secondary N) is 1. The van der Waals surface area contributed by atoms with E-state index in [2.05, 4.69) is 11.2 Å². The lowest BCUT2D eigenvalue weighted by molar-refractivity contribution is -0.142. The minimum Gasteiger partial charge on any atom is -0.318 e. The van der Waals surface area contributed by atoms with E-state index in [0.29, 0.717) is 5.92 Å². The minimum atomic E-state index is -0.471. The summed E-state index contributed by atoms with van der Waals surface area (Å²) in [5.74, 6) is 2.73. The van der Waals surface area contributed by atoms with E-state index in [1.165, 1.54) is 4.90 Å². The molecule has 1 heterocycles. The second-order valence-electron chi connectivity index (χ2n) is 5.29. The molecule has 1 aliphatic heterocycles. The third kappa shape index (κ3) is 3.24. The summed E-state index contributed by atoms with van der Waals surface area (Å²) in [6, 6.07) is 2.00. The van der Waals surface area contributed by atoms with Gasteiger partial charge in [-0.15, -0.1) is 6.42 Å². The van der Waals surface area contributed by atoms with Gasteiger partial charge in [0.15, 0.2) is 0 Å². The first-order chi connectivity index (χ1) is 8.54. The van der Waals surface area contributed by atoms with Crippen LogP contribution in [-0.2, 0) is 4.79 Å². The molecule has 1 unspecified atom stereocenters. The summed E-state index contributed by atoms with van der Waals surface area (Å²) < 4.78 is 0. The Labute approximate surface area is 109 Å². The van der Waals surface area contributed by atoms with Crippen molar-refractivity contribution in [3.63, 3.8) is 0 Å². The van der Waals surface area contributed by atoms with Gasteiger partial charge in [-0.1, -0.05) is 19.8 Å². The second-order valence-corrected chi connectivity index (χ2v) is 5.29. The number of amides is 1. The number of hydrogen-bond acceptors (Lipinski definition) is 3. The monoisotopic (exact) mass is 247 g/mol. The molecule has 0 spiro atoms. The quantitative estimate of drug-likeness (QED) is 0.595. The van der Waals surface area contributed by atoms with Crippen molar-refractivity contribution in [2.45, 2.75) is 26.7 Å². The van der Waals surface area contributed by atoms with Gasteiger partial charge in [0.1, 0.15) is 6.54 Å². The van der Waals surface area contributed by atoms with Crippen LogP contribution in [0.4, 0.5) is 0 Å². The minimum absolute atomic E-state index is 0.0179. The Morgan fingerprint density at radius 1 is 1.56 bits per heavy atom. The molecule has 1 rings (SSSR count). The topological polar surface area (TPSA) is 56.1 Å². The third-order valence-electron chi connectivity index (χ3n) is 3.70. The van der Waals surface area contributed by atoms with E-state index in [-0.39, 0.29) is 19.0 Å². The fourth-order valence-corrected chi connectivity index (χ4v) is 2.45. The zero-order chi connectivity index (χ0) is 13.6. The summed E-state index contributed by atoms with van der Waals surface area (Å²) in [6.45, 7) is 6.05. The molecule has 1 fully saturated rings. The second kappa shape index (κ2) is 6.42. The fourth-order valence-electron chi connectivity index (χ4n) is 2.45. The predicted molar refractivity (Wildman–Crippen MR) is 70.4 cm³/mol. The normalized spacial score (nSPS) is 19.7. The molecule has 1 atom stereocenters. The van der Waals surface area contributed by atoms with Crippen molar-refractivity contribution >= 4 is 5.91 Å². The molecule has 4 heteroatoms. The summed E-state index contributed by atoms with van der Waals surface area (Å²) in [4.78, 5) is 14.0. The van der Waals surface area contributed by atoms with Crippen LogP contribution in [0.5, 0.6) is 0 Å². The van der Waals surface area contributed by atoms with E-state index in [4.69, 9.17) is 11.7 Å². The summed E-state index contributed by atoms with van der Waals surface area (Å²) in [7, 11) is 0. The smallest absolute Gasteiger partial charge is 0.230 e. The molecule has 98 valence electrons. The number of rotatable bonds is 4. The van der Waals surface area contributed by atoms with E-state index in [1.807, 2.05) is 19.9 Å². The summed E-state index contributed by atoms with van der Waals surface area (Å²) in [5.41, 5.74) is -0.471. The number of terminal acetylenes is 1. The third-order valence-corrected chi connectivity index (χ3v) is 3.70. The van der Waals surface area contributed by atoms with Gasteiger partial charge < -0.3 is 10.2 Å². The summed E-state index contributed by atoms with van der Waals surface area (Å²) in [5, 5.41) is 12.1. The largest absolute Gasteiger partial charge is 0.318 e. The van der Waals surface area contributed by atoms with Crippen LogP contribution in [0.15, 0.2) is 0 Å². The number of nitriles is 1. The Morgan fingerprint density at radius 3 is 2.78 bits per heavy atom. The van der Waals surface area contributed by atoms with Gasteiger partial charge in [-0.3, -0.25) is 4.79 Å². The average Bonchev–Trinajstić information content (AvgIpc) is 2.38. The van der Waals surface area contributed by atoms with Crippen molar-refractivity contribution < 1.29 is 4.79 Å². The van der Waals surface area contributed by atoms with Crippen molar-refractivity contribution in [2.24, 2.45) is 11.3 Å². The lowest BCUT2D eigenvalue weighted by Crippen LogP contribution is -2.49. The van der Waals surface area contributed by atoms with Crippen molar-refractivity contribution in [2.75, 3.05) is 26.2 Å². The van der Waals surface area contributed by atoms with Gasteiger partial charge in [0, 0.05) is 5.41 Å². The zero-order valence-corrected chi connectivity index (χ0v) is 11.2. The molecule has 0 saturated carbocycles. The first-order valence-corrected chi connectivity index (χ1v) is 6.34. The van der Waals surface area contributed by atoms with Crippen LogP contribution in [0.25, 0.3) is 0 Å². The van der Waals surface area contributed by atoms with E-state index in [1.54, 1.807) is 0 Å². The van der Waals surface area contributed by atoms with Crippen molar-refractivity contribution in [3.05, 3.63) is 0 Å². The first kappa shape index (κ1) is 14.5. The van der Waals surface area contributed by atoms with E-state index in [9.17, 15) is 4.79 Å². The highest BCUT2D eigenvalue weighted by atomic mass is 16.2. The standard InChI is InChI=1S/C14H21N3O/c1-4-9-17(10-7-15)13(18)14(2,3)12-6-5-8-16-11-12/h1,12,16H,5-6,8-11H2,2-3H3. The molecule has 0 aromatic heterocycles. The number of nitrogens with zero attached hydrogens (tertiary/aromatic N) is 2. The van der Waals surface area contributed by atoms with E-state index >= 15 is 0 Å². The highest BCUT2D eigenvalue weighted by molar-refractivity contribution is 5.82. The molecular weight excluding hydrogens is 226 g/mol. The van der Waals surface area contributed by atoms with Crippen LogP contribution in [0.2, 0.25) is 0 Å². The Morgan fingerprint density at radius 2 is 2.28 bits per heavy atom. The number of hydrogen-bond donors (Lipinski definition) is 1. The Balaban J connectivity index is 2.78. The van der Waals surface area contributed by atoms with Gasteiger partial charge in [-0.25, -0.2) is 0 Å². The van der Waals surface area contributed by atoms with E-state index < -0.39 is 5.41 Å². The van der Waals surface area contributed by atoms with Crippen LogP contribution in [-0.4, -0.2) is 37.0 Å². The van der Waals surface area contributed by atoms with Crippen LogP contribution < -0.4 is 5.32 Å². The van der Waals surface area contributed by atoms with Gasteiger partial charge in [0.05, 0.1) is 12.6 Å². The van der Waals surface area contributed by atoms with Gasteiger partial charge in [-0.05, 0) is 31.8 Å². The SMILES string of the molecule is C#CCN(CC#N)C(=O)C(C)(C)C1CCCNC1. The van der Waals surface area contributed by atoms with Crippen molar-refractivity contribution in [1.29, 1.82) is 5.26 Å². The van der Waals surface area contributed by atoms with Gasteiger partial charge >= 0.3 is 0 Å². The van der Waals surface area contributed by atoms with E-state index in [0.717, 1.165) is 25.9 Å². The molecule has 1 N–H and O–H groups in total. The number of piperidine rings is 1. The highest BCUT2D eigenvalue weighted by Gasteiger charge is 2.39. The Bertz CT molecular complexity index is 353. The maximum absolute atomic E-state index is 12.5. The maximum atomic E-state index is 12.5. The molecule has 0 aliphatic carbocycles. The summed E-state index contributed by atoms with van der Waals surface area (Å²) in [6.07, 6.45) is 7.39. The molecular formula is C14H21N3O. The molecule has 18 heavy (non-hydrogen) atoms. The molecule has 4 nitrogen and oxygen atoms in total. The molecule has 1 saturated heterocycles. The van der Waals surface area contributed by atoms with Crippen LogP contribution in [0.3, 0.4) is 0 Å². The number of carbonyl (C=O) groups excluding carboxylic acids is 1. The van der Waals surface area contributed by atoms with Crippen LogP contribution in [0, 0.1) is 35.0 Å². The van der Waals surface area contributed by atoms with Crippen molar-refractivity contribution in [3.8, 4) is 18.4 Å². The number of carbonyl (C=O) groups is 1. The Kier molecular flexibility index (Phi) is 5.19. The average molecular weight is 247 g/mol. The highest BCUT2D eigenvalue weighted by Crippen LogP contribution is 2.33. The maximum Gasteiger partial charge on any atom is 0.230 e. The first-order valence-electron chi connectivity index (χ1n) is 6.34. The predicted octanol–water partition coefficient (Wildman–Crippen LogP) is 0.998. The van der Waals surface area contributed by atoms with Gasteiger partial charge in [0.25, 0.3) is 0 Å². The van der Waals surface area contributed by atoms with Gasteiger partial charge in [-0.2, -0.15) is 5.26 Å². The Hall–Kier alpha value is -1.52. The summed E-state index contributed by atoms with van der Waals surface area (Å²) >= 11 is 0. The van der Waals surface area contributed by atoms with Crippen LogP contribution in [0.1, 0.15) is 26.7 Å². The molecule has 0 radical (unpaired) electrons. The molecule has 0 bridgehead atoms. The fraction of sp³-hybridized carbons (Fsp3) is 0.714. The van der Waals surface area contributed by atoms with Crippen LogP contribution >= 0.6 is 0 Å². The molecule has 0 aromatic carbocycles. The zero-order valence-electron chi connectivity index (χ0n) is 11.2. The van der Waals surface area contributed by atoms with Gasteiger partial charge in [0.2, 0.25) is 5.91 Å².